The molecule has 1 fully saturated rings. The van der Waals surface area contributed by atoms with Crippen LogP contribution in [0.2, 0.25) is 0 Å². The second-order valence-electron chi connectivity index (χ2n) is 4.81. The van der Waals surface area contributed by atoms with Gasteiger partial charge in [0.15, 0.2) is 5.78 Å². The van der Waals surface area contributed by atoms with Gasteiger partial charge in [0.2, 0.25) is 0 Å². The minimum absolute atomic E-state index is 0.217. The number of rotatable bonds is 6. The zero-order chi connectivity index (χ0) is 13.0. The summed E-state index contributed by atoms with van der Waals surface area (Å²) in [5.41, 5.74) is 0. The highest BCUT2D eigenvalue weighted by atomic mass is 79.9. The highest BCUT2D eigenvalue weighted by Crippen LogP contribution is 2.22. The van der Waals surface area contributed by atoms with Gasteiger partial charge >= 0.3 is 0 Å². The van der Waals surface area contributed by atoms with Gasteiger partial charge in [-0.2, -0.15) is 0 Å². The minimum atomic E-state index is 0.217. The first-order chi connectivity index (χ1) is 8.65. The summed E-state index contributed by atoms with van der Waals surface area (Å²) >= 11 is 4.90. The fraction of sp³-hybridized carbons (Fsp3) is 0.615. The lowest BCUT2D eigenvalue weighted by Gasteiger charge is -2.20. The van der Waals surface area contributed by atoms with Crippen LogP contribution in [0.25, 0.3) is 0 Å². The summed E-state index contributed by atoms with van der Waals surface area (Å²) in [4.78, 5) is 17.4. The second-order valence-corrected chi connectivity index (χ2v) is 7.28. The maximum Gasteiger partial charge on any atom is 0.186 e. The quantitative estimate of drug-likeness (QED) is 0.749. The number of hydrogen-bond acceptors (Lipinski definition) is 4. The van der Waals surface area contributed by atoms with Crippen LogP contribution in [0.4, 0.5) is 0 Å². The normalized spacial score (nSPS) is 16.6. The Morgan fingerprint density at radius 1 is 1.44 bits per heavy atom. The van der Waals surface area contributed by atoms with E-state index in [-0.39, 0.29) is 5.78 Å². The third-order valence-corrected chi connectivity index (χ3v) is 4.92. The molecule has 0 saturated carbocycles. The predicted octanol–water partition coefficient (Wildman–Crippen LogP) is 2.72. The minimum Gasteiger partial charge on any atom is -0.302 e. The molecule has 3 nitrogen and oxygen atoms in total. The molecule has 18 heavy (non-hydrogen) atoms. The van der Waals surface area contributed by atoms with Gasteiger partial charge in [-0.15, -0.1) is 11.3 Å². The van der Waals surface area contributed by atoms with Crippen LogP contribution in [0.1, 0.15) is 22.5 Å². The van der Waals surface area contributed by atoms with E-state index in [1.165, 1.54) is 37.3 Å². The van der Waals surface area contributed by atoms with Gasteiger partial charge in [-0.1, -0.05) is 0 Å². The Labute approximate surface area is 121 Å². The van der Waals surface area contributed by atoms with Crippen LogP contribution >= 0.6 is 27.3 Å². The molecule has 1 saturated heterocycles. The molecule has 0 atom stereocenters. The Kier molecular flexibility index (Phi) is 5.36. The fourth-order valence-corrected chi connectivity index (χ4v) is 3.50. The standard InChI is InChI=1S/C13H19BrN2OS/c1-15(8-9-16-6-2-3-7-16)10-11(17)12-4-5-13(14)18-12/h4-5H,2-3,6-10H2,1H3. The summed E-state index contributed by atoms with van der Waals surface area (Å²) in [7, 11) is 2.02. The molecule has 5 heteroatoms. The number of likely N-dealkylation sites (N-methyl/N-ethyl adjacent to an activating group) is 1. The molecule has 0 N–H and O–H groups in total. The summed E-state index contributed by atoms with van der Waals surface area (Å²) < 4.78 is 1.02. The van der Waals surface area contributed by atoms with Gasteiger partial charge in [-0.3, -0.25) is 9.69 Å². The van der Waals surface area contributed by atoms with Crippen molar-refractivity contribution in [2.24, 2.45) is 0 Å². The van der Waals surface area contributed by atoms with Crippen molar-refractivity contribution >= 4 is 33.0 Å². The Morgan fingerprint density at radius 2 is 2.17 bits per heavy atom. The monoisotopic (exact) mass is 330 g/mol. The molecule has 1 aliphatic heterocycles. The second kappa shape index (κ2) is 6.80. The summed E-state index contributed by atoms with van der Waals surface area (Å²) in [6.07, 6.45) is 2.65. The summed E-state index contributed by atoms with van der Waals surface area (Å²) in [5.74, 6) is 0.217. The lowest BCUT2D eigenvalue weighted by molar-refractivity contribution is 0.0945. The van der Waals surface area contributed by atoms with Crippen LogP contribution in [-0.4, -0.2) is 55.4 Å². The molecule has 1 aliphatic rings. The van der Waals surface area contributed by atoms with E-state index >= 15 is 0 Å². The molecule has 1 aromatic heterocycles. The molecule has 0 aliphatic carbocycles. The van der Waals surface area contributed by atoms with Crippen molar-refractivity contribution in [2.45, 2.75) is 12.8 Å². The van der Waals surface area contributed by atoms with Gasteiger partial charge < -0.3 is 4.90 Å². The van der Waals surface area contributed by atoms with Crippen LogP contribution in [0, 0.1) is 0 Å². The average Bonchev–Trinajstić information content (AvgIpc) is 2.97. The summed E-state index contributed by atoms with van der Waals surface area (Å²) in [6.45, 7) is 5.01. The number of carbonyl (C=O) groups is 1. The first-order valence-corrected chi connectivity index (χ1v) is 7.95. The van der Waals surface area contributed by atoms with Crippen molar-refractivity contribution in [1.82, 2.24) is 9.80 Å². The number of nitrogens with zero attached hydrogens (tertiary/aromatic N) is 2. The third kappa shape index (κ3) is 4.16. The van der Waals surface area contributed by atoms with Crippen LogP contribution in [-0.2, 0) is 0 Å². The molecule has 2 heterocycles. The van der Waals surface area contributed by atoms with Gasteiger partial charge in [0.25, 0.3) is 0 Å². The number of thiophene rings is 1. The largest absolute Gasteiger partial charge is 0.302 e. The van der Waals surface area contributed by atoms with Gasteiger partial charge in [0, 0.05) is 13.1 Å². The van der Waals surface area contributed by atoms with Crippen LogP contribution in [0.15, 0.2) is 15.9 Å². The van der Waals surface area contributed by atoms with Crippen LogP contribution < -0.4 is 0 Å². The maximum absolute atomic E-state index is 12.0. The van der Waals surface area contributed by atoms with Gasteiger partial charge in [0.1, 0.15) is 0 Å². The molecule has 2 rings (SSSR count). The fourth-order valence-electron chi connectivity index (χ4n) is 2.18. The third-order valence-electron chi connectivity index (χ3n) is 3.26. The van der Waals surface area contributed by atoms with E-state index in [2.05, 4.69) is 25.7 Å². The molecule has 0 aromatic carbocycles. The summed E-state index contributed by atoms with van der Waals surface area (Å²) in [5, 5.41) is 0. The van der Waals surface area contributed by atoms with E-state index in [9.17, 15) is 4.79 Å². The molecule has 0 spiro atoms. The SMILES string of the molecule is CN(CCN1CCCC1)CC(=O)c1ccc(Br)s1. The van der Waals surface area contributed by atoms with Crippen LogP contribution in [0.5, 0.6) is 0 Å². The van der Waals surface area contributed by atoms with E-state index in [1.807, 2.05) is 19.2 Å². The molecule has 100 valence electrons. The van der Waals surface area contributed by atoms with E-state index in [1.54, 1.807) is 0 Å². The van der Waals surface area contributed by atoms with Crippen LogP contribution in [0.3, 0.4) is 0 Å². The predicted molar refractivity (Wildman–Crippen MR) is 79.5 cm³/mol. The molecule has 1 aromatic rings. The highest BCUT2D eigenvalue weighted by Gasteiger charge is 2.14. The Hall–Kier alpha value is -0.230. The Balaban J connectivity index is 1.73. The molecule has 0 amide bonds. The molecule has 0 radical (unpaired) electrons. The van der Waals surface area contributed by atoms with Crippen molar-refractivity contribution < 1.29 is 4.79 Å². The van der Waals surface area contributed by atoms with Gasteiger partial charge in [-0.05, 0) is 61.0 Å². The number of hydrogen-bond donors (Lipinski definition) is 0. The van der Waals surface area contributed by atoms with Crippen molar-refractivity contribution in [3.63, 3.8) is 0 Å². The number of halogens is 1. The lowest BCUT2D eigenvalue weighted by atomic mass is 10.3. The highest BCUT2D eigenvalue weighted by molar-refractivity contribution is 9.11. The van der Waals surface area contributed by atoms with Gasteiger partial charge in [-0.25, -0.2) is 0 Å². The van der Waals surface area contributed by atoms with Crippen molar-refractivity contribution in [3.8, 4) is 0 Å². The van der Waals surface area contributed by atoms with Crippen molar-refractivity contribution in [2.75, 3.05) is 39.8 Å². The Morgan fingerprint density at radius 3 is 2.78 bits per heavy atom. The Bertz CT molecular complexity index is 401. The smallest absolute Gasteiger partial charge is 0.186 e. The maximum atomic E-state index is 12.0. The lowest BCUT2D eigenvalue weighted by Crippen LogP contribution is -2.34. The summed E-state index contributed by atoms with van der Waals surface area (Å²) in [6, 6.07) is 3.83. The van der Waals surface area contributed by atoms with E-state index < -0.39 is 0 Å². The first kappa shape index (κ1) is 14.2. The first-order valence-electron chi connectivity index (χ1n) is 6.34. The van der Waals surface area contributed by atoms with Crippen molar-refractivity contribution in [1.29, 1.82) is 0 Å². The zero-order valence-electron chi connectivity index (χ0n) is 10.7. The van der Waals surface area contributed by atoms with E-state index in [4.69, 9.17) is 0 Å². The average molecular weight is 331 g/mol. The molecular weight excluding hydrogens is 312 g/mol. The van der Waals surface area contributed by atoms with Gasteiger partial charge in [0.05, 0.1) is 15.2 Å². The zero-order valence-corrected chi connectivity index (χ0v) is 13.1. The molecule has 0 bridgehead atoms. The number of likely N-dealkylation sites (tertiary alicyclic amines) is 1. The number of carbonyl (C=O) groups excluding carboxylic acids is 1. The van der Waals surface area contributed by atoms with Crippen molar-refractivity contribution in [3.05, 3.63) is 20.8 Å². The molecular formula is C13H19BrN2OS. The van der Waals surface area contributed by atoms with E-state index in [0.29, 0.717) is 6.54 Å². The van der Waals surface area contributed by atoms with E-state index in [0.717, 1.165) is 21.8 Å². The topological polar surface area (TPSA) is 23.6 Å². The number of ketones is 1. The number of Topliss-reactive ketones (excluding diaryl/α,β-unsaturated/α-hetero) is 1. The molecule has 0 unspecified atom stereocenters.